The fourth-order valence-electron chi connectivity index (χ4n) is 2.74. The molecule has 0 radical (unpaired) electrons. The number of aromatic carboxylic acids is 1. The van der Waals surface area contributed by atoms with Crippen molar-refractivity contribution in [2.45, 2.75) is 39.8 Å². The Hall–Kier alpha value is -2.80. The average molecular weight is 398 g/mol. The second-order valence-corrected chi connectivity index (χ2v) is 7.98. The summed E-state index contributed by atoms with van der Waals surface area (Å²) in [6.45, 7) is 7.88. The monoisotopic (exact) mass is 398 g/mol. The summed E-state index contributed by atoms with van der Waals surface area (Å²) < 4.78 is 5.84. The van der Waals surface area contributed by atoms with Crippen LogP contribution in [0.1, 0.15) is 43.8 Å². The molecule has 0 saturated carbocycles. The van der Waals surface area contributed by atoms with Crippen LogP contribution in [0, 0.1) is 0 Å². The number of amides is 1. The summed E-state index contributed by atoms with van der Waals surface area (Å²) >= 11 is 1.35. The topological polar surface area (TPSA) is 83.1 Å². The molecule has 6 nitrogen and oxygen atoms in total. The molecular weight excluding hydrogens is 376 g/mol. The van der Waals surface area contributed by atoms with E-state index in [0.29, 0.717) is 21.6 Å². The van der Waals surface area contributed by atoms with Gasteiger partial charge in [-0.15, -0.1) is 0 Å². The third-order valence-electron chi connectivity index (χ3n) is 4.04. The number of carboxylic acids is 1. The summed E-state index contributed by atoms with van der Waals surface area (Å²) in [5, 5.41) is 9.70. The molecule has 1 fully saturated rings. The van der Waals surface area contributed by atoms with Gasteiger partial charge in [-0.1, -0.05) is 12.1 Å². The highest BCUT2D eigenvalue weighted by Gasteiger charge is 2.35. The van der Waals surface area contributed by atoms with E-state index >= 15 is 0 Å². The average Bonchev–Trinajstić information content (AvgIpc) is 3.20. The van der Waals surface area contributed by atoms with Crippen molar-refractivity contribution in [1.29, 1.82) is 0 Å². The van der Waals surface area contributed by atoms with Crippen LogP contribution in [0.2, 0.25) is 0 Å². The van der Waals surface area contributed by atoms with E-state index in [-0.39, 0.29) is 23.6 Å². The highest BCUT2D eigenvalue weighted by atomic mass is 32.2. The number of furan rings is 1. The summed E-state index contributed by atoms with van der Waals surface area (Å²) in [5.74, 6) is 0.114. The molecule has 2 heterocycles. The Morgan fingerprint density at radius 1 is 1.14 bits per heavy atom. The van der Waals surface area contributed by atoms with Crippen LogP contribution in [-0.4, -0.2) is 39.1 Å². The Morgan fingerprint density at radius 3 is 2.39 bits per heavy atom. The molecule has 0 spiro atoms. The molecule has 0 unspecified atom stereocenters. The van der Waals surface area contributed by atoms with Gasteiger partial charge < -0.3 is 9.52 Å². The predicted molar refractivity (Wildman–Crippen MR) is 111 cm³/mol. The molecule has 1 aliphatic rings. The largest absolute Gasteiger partial charge is 0.478 e. The van der Waals surface area contributed by atoms with Crippen molar-refractivity contribution in [3.8, 4) is 11.3 Å². The fourth-order valence-corrected chi connectivity index (χ4v) is 3.96. The lowest BCUT2D eigenvalue weighted by molar-refractivity contribution is -0.123. The summed E-state index contributed by atoms with van der Waals surface area (Å²) in [6.07, 6.45) is 1.72. The van der Waals surface area contributed by atoms with Crippen LogP contribution in [0.5, 0.6) is 0 Å². The van der Waals surface area contributed by atoms with Gasteiger partial charge in [-0.25, -0.2) is 4.79 Å². The molecule has 1 aromatic heterocycles. The van der Waals surface area contributed by atoms with E-state index in [0.717, 1.165) is 5.56 Å². The van der Waals surface area contributed by atoms with Gasteiger partial charge in [0.15, 0.2) is 5.17 Å². The van der Waals surface area contributed by atoms with E-state index in [1.54, 1.807) is 35.2 Å². The molecule has 1 aromatic carbocycles. The van der Waals surface area contributed by atoms with Gasteiger partial charge in [0.25, 0.3) is 5.91 Å². The number of hydrogen-bond acceptors (Lipinski definition) is 5. The van der Waals surface area contributed by atoms with Gasteiger partial charge in [-0.05, 0) is 63.7 Å². The Balaban J connectivity index is 1.86. The summed E-state index contributed by atoms with van der Waals surface area (Å²) in [5.41, 5.74) is 0.988. The molecule has 1 amide bonds. The normalized spacial score (nSPS) is 17.5. The maximum atomic E-state index is 12.8. The van der Waals surface area contributed by atoms with Crippen LogP contribution >= 0.6 is 11.8 Å². The first-order valence-electron chi connectivity index (χ1n) is 9.00. The van der Waals surface area contributed by atoms with Gasteiger partial charge in [-0.3, -0.25) is 14.7 Å². The van der Waals surface area contributed by atoms with Gasteiger partial charge in [-0.2, -0.15) is 0 Å². The second kappa shape index (κ2) is 8.06. The van der Waals surface area contributed by atoms with Crippen molar-refractivity contribution in [3.63, 3.8) is 0 Å². The number of hydrogen-bond donors (Lipinski definition) is 1. The van der Waals surface area contributed by atoms with E-state index < -0.39 is 5.97 Å². The first-order valence-corrected chi connectivity index (χ1v) is 9.82. The van der Waals surface area contributed by atoms with Crippen LogP contribution < -0.4 is 0 Å². The van der Waals surface area contributed by atoms with E-state index in [2.05, 4.69) is 4.99 Å². The lowest BCUT2D eigenvalue weighted by atomic mass is 10.1. The number of carbonyl (C=O) groups excluding carboxylic acids is 1. The van der Waals surface area contributed by atoms with Gasteiger partial charge in [0.1, 0.15) is 11.5 Å². The third kappa shape index (κ3) is 4.20. The molecule has 28 heavy (non-hydrogen) atoms. The van der Waals surface area contributed by atoms with Crippen molar-refractivity contribution in [2.24, 2.45) is 4.99 Å². The molecule has 1 aliphatic heterocycles. The van der Waals surface area contributed by atoms with Gasteiger partial charge in [0.2, 0.25) is 0 Å². The smallest absolute Gasteiger partial charge is 0.335 e. The highest BCUT2D eigenvalue weighted by molar-refractivity contribution is 8.18. The molecule has 7 heteroatoms. The summed E-state index contributed by atoms with van der Waals surface area (Å²) in [7, 11) is 0. The third-order valence-corrected chi connectivity index (χ3v) is 5.04. The zero-order chi connectivity index (χ0) is 20.4. The van der Waals surface area contributed by atoms with Crippen LogP contribution in [0.3, 0.4) is 0 Å². The molecule has 1 N–H and O–H groups in total. The number of thioether (sulfide) groups is 1. The maximum absolute atomic E-state index is 12.8. The van der Waals surface area contributed by atoms with Crippen LogP contribution in [0.4, 0.5) is 0 Å². The van der Waals surface area contributed by atoms with Crippen molar-refractivity contribution in [1.82, 2.24) is 4.90 Å². The molecule has 146 valence electrons. The van der Waals surface area contributed by atoms with E-state index in [1.807, 2.05) is 27.7 Å². The van der Waals surface area contributed by atoms with Gasteiger partial charge >= 0.3 is 5.97 Å². The van der Waals surface area contributed by atoms with Crippen molar-refractivity contribution in [3.05, 3.63) is 52.6 Å². The lowest BCUT2D eigenvalue weighted by Gasteiger charge is -2.20. The summed E-state index contributed by atoms with van der Waals surface area (Å²) in [6, 6.07) is 10.2. The molecule has 0 aliphatic carbocycles. The Morgan fingerprint density at radius 2 is 1.82 bits per heavy atom. The SMILES string of the molecule is CC(C)N=C1S/C(=C/c2ccc(-c3ccc(C(=O)O)cc3)o2)C(=O)N1C(C)C. The van der Waals surface area contributed by atoms with Crippen LogP contribution in [0.15, 0.2) is 50.7 Å². The number of aliphatic imine (C=N–C) groups is 1. The molecule has 3 rings (SSSR count). The number of carbonyl (C=O) groups is 2. The zero-order valence-electron chi connectivity index (χ0n) is 16.2. The first kappa shape index (κ1) is 19.9. The molecule has 0 atom stereocenters. The van der Waals surface area contributed by atoms with Crippen molar-refractivity contribution in [2.75, 3.05) is 0 Å². The predicted octanol–water partition coefficient (Wildman–Crippen LogP) is 4.73. The molecule has 0 bridgehead atoms. The minimum atomic E-state index is -0.971. The fraction of sp³-hybridized carbons (Fsp3) is 0.286. The minimum Gasteiger partial charge on any atom is -0.478 e. The van der Waals surface area contributed by atoms with Crippen LogP contribution in [0.25, 0.3) is 17.4 Å². The number of amidine groups is 1. The molecule has 1 saturated heterocycles. The highest BCUT2D eigenvalue weighted by Crippen LogP contribution is 2.35. The summed E-state index contributed by atoms with van der Waals surface area (Å²) in [4.78, 5) is 30.6. The zero-order valence-corrected chi connectivity index (χ0v) is 17.0. The second-order valence-electron chi connectivity index (χ2n) is 6.97. The Bertz CT molecular complexity index is 955. The standard InChI is InChI=1S/C21H22N2O4S/c1-12(2)22-21-23(13(3)4)19(24)18(28-21)11-16-9-10-17(27-16)14-5-7-15(8-6-14)20(25)26/h5-13H,1-4H3,(H,25,26)/b18-11+,22-21?. The Kier molecular flexibility index (Phi) is 5.74. The van der Waals surface area contributed by atoms with Crippen molar-refractivity contribution >= 4 is 34.9 Å². The quantitative estimate of drug-likeness (QED) is 0.736. The number of carboxylic acid groups (broad SMARTS) is 1. The maximum Gasteiger partial charge on any atom is 0.335 e. The van der Waals surface area contributed by atoms with E-state index in [9.17, 15) is 9.59 Å². The number of rotatable bonds is 5. The lowest BCUT2D eigenvalue weighted by Crippen LogP contribution is -2.35. The van der Waals surface area contributed by atoms with Crippen LogP contribution in [-0.2, 0) is 4.79 Å². The first-order chi connectivity index (χ1) is 13.3. The Labute approximate surface area is 167 Å². The van der Waals surface area contributed by atoms with Crippen molar-refractivity contribution < 1.29 is 19.1 Å². The number of nitrogens with zero attached hydrogens (tertiary/aromatic N) is 2. The van der Waals surface area contributed by atoms with E-state index in [4.69, 9.17) is 9.52 Å². The molecule has 2 aromatic rings. The van der Waals surface area contributed by atoms with E-state index in [1.165, 1.54) is 23.9 Å². The molecular formula is C21H22N2O4S. The minimum absolute atomic E-state index is 0.0170. The van der Waals surface area contributed by atoms with Gasteiger partial charge in [0, 0.05) is 23.7 Å². The van der Waals surface area contributed by atoms with Gasteiger partial charge in [0.05, 0.1) is 10.5 Å². The number of benzene rings is 1.